The standard InChI is InChI=1S/C16H21N3O3.C2HF3O2/c20-15(18-12-3-4-12)19-7-5-16(11-19)8-14(10-21-16)22-13-2-1-6-17-9-13;3-2(4,5)1(6)7/h1-2,6,9,12,14H,3-5,7-8,10-11H2,(H,18,20);(H,6,7). The number of aromatic nitrogens is 1. The molecule has 1 aromatic heterocycles. The summed E-state index contributed by atoms with van der Waals surface area (Å²) in [6.45, 7) is 2.00. The number of rotatable bonds is 3. The Balaban J connectivity index is 0.000000298. The molecule has 2 saturated heterocycles. The predicted molar refractivity (Wildman–Crippen MR) is 93.4 cm³/mol. The van der Waals surface area contributed by atoms with Crippen LogP contribution in [0.1, 0.15) is 25.7 Å². The molecule has 1 aromatic rings. The Bertz CT molecular complexity index is 729. The van der Waals surface area contributed by atoms with Gasteiger partial charge in [0.1, 0.15) is 11.9 Å². The smallest absolute Gasteiger partial charge is 0.486 e. The molecule has 4 rings (SSSR count). The second-order valence-electron chi connectivity index (χ2n) is 7.32. The molecule has 160 valence electrons. The quantitative estimate of drug-likeness (QED) is 0.782. The van der Waals surface area contributed by atoms with E-state index in [1.165, 1.54) is 0 Å². The first-order valence-electron chi connectivity index (χ1n) is 9.23. The number of carboxylic acid groups (broad SMARTS) is 1. The molecule has 1 saturated carbocycles. The third-order valence-electron chi connectivity index (χ3n) is 4.86. The van der Waals surface area contributed by atoms with E-state index in [9.17, 15) is 18.0 Å². The van der Waals surface area contributed by atoms with E-state index in [-0.39, 0.29) is 17.7 Å². The Hall–Kier alpha value is -2.56. The second kappa shape index (κ2) is 8.44. The summed E-state index contributed by atoms with van der Waals surface area (Å²) in [7, 11) is 0. The Morgan fingerprint density at radius 2 is 2.10 bits per heavy atom. The van der Waals surface area contributed by atoms with E-state index < -0.39 is 12.1 Å². The lowest BCUT2D eigenvalue weighted by Gasteiger charge is -2.23. The van der Waals surface area contributed by atoms with Gasteiger partial charge in [0, 0.05) is 25.2 Å². The predicted octanol–water partition coefficient (Wildman–Crippen LogP) is 2.20. The maximum Gasteiger partial charge on any atom is 0.490 e. The molecule has 3 heterocycles. The van der Waals surface area contributed by atoms with Crippen molar-refractivity contribution >= 4 is 12.0 Å². The lowest BCUT2D eigenvalue weighted by atomic mass is 9.98. The monoisotopic (exact) mass is 417 g/mol. The van der Waals surface area contributed by atoms with Crippen molar-refractivity contribution in [2.24, 2.45) is 0 Å². The topological polar surface area (TPSA) is 101 Å². The molecular weight excluding hydrogens is 395 g/mol. The number of nitrogens with zero attached hydrogens (tertiary/aromatic N) is 2. The second-order valence-corrected chi connectivity index (χ2v) is 7.32. The Kier molecular flexibility index (Phi) is 6.15. The molecule has 3 fully saturated rings. The van der Waals surface area contributed by atoms with Crippen molar-refractivity contribution < 1.29 is 37.3 Å². The van der Waals surface area contributed by atoms with Gasteiger partial charge in [0.2, 0.25) is 0 Å². The van der Waals surface area contributed by atoms with Gasteiger partial charge in [0.15, 0.2) is 0 Å². The third-order valence-corrected chi connectivity index (χ3v) is 4.86. The van der Waals surface area contributed by atoms with Gasteiger partial charge in [-0.25, -0.2) is 9.59 Å². The molecule has 0 radical (unpaired) electrons. The number of hydrogen-bond acceptors (Lipinski definition) is 5. The number of amides is 2. The van der Waals surface area contributed by atoms with Crippen LogP contribution in [0.15, 0.2) is 24.5 Å². The highest BCUT2D eigenvalue weighted by Crippen LogP contribution is 2.36. The van der Waals surface area contributed by atoms with Gasteiger partial charge in [-0.05, 0) is 31.4 Å². The highest BCUT2D eigenvalue weighted by atomic mass is 19.4. The van der Waals surface area contributed by atoms with Crippen molar-refractivity contribution in [3.05, 3.63) is 24.5 Å². The molecule has 2 amide bonds. The van der Waals surface area contributed by atoms with Crippen LogP contribution in [0.2, 0.25) is 0 Å². The molecule has 0 aromatic carbocycles. The van der Waals surface area contributed by atoms with Crippen molar-refractivity contribution in [2.75, 3.05) is 19.7 Å². The minimum absolute atomic E-state index is 0.0376. The molecular formula is C18H22F3N3O5. The normalized spacial score (nSPS) is 26.0. The summed E-state index contributed by atoms with van der Waals surface area (Å²) in [6.07, 6.45) is 2.34. The fraction of sp³-hybridized carbons (Fsp3) is 0.611. The lowest BCUT2D eigenvalue weighted by molar-refractivity contribution is -0.192. The van der Waals surface area contributed by atoms with Gasteiger partial charge >= 0.3 is 18.2 Å². The highest BCUT2D eigenvalue weighted by molar-refractivity contribution is 5.75. The summed E-state index contributed by atoms with van der Waals surface area (Å²) in [6, 6.07) is 4.22. The summed E-state index contributed by atoms with van der Waals surface area (Å²) >= 11 is 0. The minimum Gasteiger partial charge on any atom is -0.486 e. The van der Waals surface area contributed by atoms with E-state index in [0.717, 1.165) is 38.0 Å². The number of ether oxygens (including phenoxy) is 2. The van der Waals surface area contributed by atoms with Crippen LogP contribution in [-0.4, -0.2) is 70.6 Å². The van der Waals surface area contributed by atoms with E-state index in [4.69, 9.17) is 19.4 Å². The van der Waals surface area contributed by atoms with Gasteiger partial charge in [0.25, 0.3) is 0 Å². The summed E-state index contributed by atoms with van der Waals surface area (Å²) in [5.41, 5.74) is -0.228. The average molecular weight is 417 g/mol. The molecule has 0 bridgehead atoms. The van der Waals surface area contributed by atoms with Gasteiger partial charge in [-0.2, -0.15) is 13.2 Å². The van der Waals surface area contributed by atoms with Crippen LogP contribution in [0.3, 0.4) is 0 Å². The van der Waals surface area contributed by atoms with Crippen LogP contribution < -0.4 is 10.1 Å². The van der Waals surface area contributed by atoms with Crippen LogP contribution in [0.5, 0.6) is 5.75 Å². The Morgan fingerprint density at radius 3 is 2.69 bits per heavy atom. The lowest BCUT2D eigenvalue weighted by Crippen LogP contribution is -2.42. The number of aliphatic carboxylic acids is 1. The summed E-state index contributed by atoms with van der Waals surface area (Å²) in [5, 5.41) is 10.2. The number of likely N-dealkylation sites (tertiary alicyclic amines) is 1. The average Bonchev–Trinajstić information content (AvgIpc) is 3.24. The first-order chi connectivity index (χ1) is 13.7. The molecule has 2 atom stereocenters. The molecule has 2 aliphatic heterocycles. The zero-order chi connectivity index (χ0) is 21.1. The fourth-order valence-electron chi connectivity index (χ4n) is 3.28. The minimum atomic E-state index is -5.08. The van der Waals surface area contributed by atoms with E-state index in [1.807, 2.05) is 17.0 Å². The maximum atomic E-state index is 12.1. The Morgan fingerprint density at radius 1 is 1.38 bits per heavy atom. The van der Waals surface area contributed by atoms with Crippen molar-refractivity contribution in [2.45, 2.75) is 49.6 Å². The van der Waals surface area contributed by atoms with Crippen molar-refractivity contribution in [3.8, 4) is 5.75 Å². The summed E-state index contributed by atoms with van der Waals surface area (Å²) < 4.78 is 43.7. The first-order valence-corrected chi connectivity index (χ1v) is 9.23. The zero-order valence-corrected chi connectivity index (χ0v) is 15.5. The van der Waals surface area contributed by atoms with Gasteiger partial charge in [-0.15, -0.1) is 0 Å². The number of carboxylic acids is 1. The summed E-state index contributed by atoms with van der Waals surface area (Å²) in [4.78, 5) is 27.0. The fourth-order valence-corrected chi connectivity index (χ4v) is 3.28. The number of pyridine rings is 1. The molecule has 3 aliphatic rings. The molecule has 29 heavy (non-hydrogen) atoms. The van der Waals surface area contributed by atoms with Gasteiger partial charge < -0.3 is 24.8 Å². The number of alkyl halides is 3. The van der Waals surface area contributed by atoms with E-state index >= 15 is 0 Å². The largest absolute Gasteiger partial charge is 0.490 e. The van der Waals surface area contributed by atoms with Crippen LogP contribution >= 0.6 is 0 Å². The molecule has 1 aliphatic carbocycles. The van der Waals surface area contributed by atoms with Crippen LogP contribution in [-0.2, 0) is 9.53 Å². The first kappa shape index (κ1) is 21.2. The van der Waals surface area contributed by atoms with Crippen molar-refractivity contribution in [1.82, 2.24) is 15.2 Å². The number of carbonyl (C=O) groups is 2. The summed E-state index contributed by atoms with van der Waals surface area (Å²) in [5.74, 6) is -1.98. The maximum absolute atomic E-state index is 12.1. The molecule has 2 N–H and O–H groups in total. The van der Waals surface area contributed by atoms with Gasteiger partial charge in [-0.1, -0.05) is 0 Å². The van der Waals surface area contributed by atoms with Gasteiger partial charge in [0.05, 0.1) is 24.9 Å². The molecule has 2 unspecified atom stereocenters. The van der Waals surface area contributed by atoms with E-state index in [1.54, 1.807) is 12.4 Å². The number of halogens is 3. The highest BCUT2D eigenvalue weighted by Gasteiger charge is 2.48. The molecule has 11 heteroatoms. The number of carbonyl (C=O) groups excluding carboxylic acids is 1. The Labute approximate surface area is 165 Å². The molecule has 1 spiro atoms. The van der Waals surface area contributed by atoms with Crippen LogP contribution in [0.25, 0.3) is 0 Å². The van der Waals surface area contributed by atoms with Gasteiger partial charge in [-0.3, -0.25) is 4.98 Å². The SMILES string of the molecule is O=C(NC1CC1)N1CCC2(CC(Oc3cccnc3)CO2)C1.O=C(O)C(F)(F)F. The van der Waals surface area contributed by atoms with Crippen LogP contribution in [0, 0.1) is 0 Å². The number of nitrogens with one attached hydrogen (secondary N) is 1. The van der Waals surface area contributed by atoms with E-state index in [0.29, 0.717) is 19.2 Å². The zero-order valence-electron chi connectivity index (χ0n) is 15.5. The van der Waals surface area contributed by atoms with Crippen LogP contribution in [0.4, 0.5) is 18.0 Å². The number of hydrogen-bond donors (Lipinski definition) is 2. The van der Waals surface area contributed by atoms with Crippen molar-refractivity contribution in [1.29, 1.82) is 0 Å². The number of urea groups is 1. The van der Waals surface area contributed by atoms with E-state index in [2.05, 4.69) is 10.3 Å². The third kappa shape index (κ3) is 5.96. The molecule has 8 nitrogen and oxygen atoms in total. The van der Waals surface area contributed by atoms with Crippen molar-refractivity contribution in [3.63, 3.8) is 0 Å².